The molecular formula is C12H17N2+. The fourth-order valence-electron chi connectivity index (χ4n) is 1.67. The average molecular weight is 189 g/mol. The normalized spacial score (nSPS) is 14.9. The van der Waals surface area contributed by atoms with Gasteiger partial charge in [-0.3, -0.25) is 0 Å². The highest BCUT2D eigenvalue weighted by atomic mass is 15.5. The van der Waals surface area contributed by atoms with Crippen LogP contribution < -0.4 is 5.43 Å². The van der Waals surface area contributed by atoms with Gasteiger partial charge in [-0.1, -0.05) is 22.9 Å². The molecule has 0 atom stereocenters. The molecule has 0 spiro atoms. The summed E-state index contributed by atoms with van der Waals surface area (Å²) in [5.74, 6) is 0. The van der Waals surface area contributed by atoms with Crippen LogP contribution in [0.2, 0.25) is 0 Å². The topological polar surface area (TPSA) is 15.0 Å². The summed E-state index contributed by atoms with van der Waals surface area (Å²) >= 11 is 0. The van der Waals surface area contributed by atoms with Crippen molar-refractivity contribution in [1.82, 2.24) is 5.43 Å². The standard InChI is InChI=1S/C12H17N2/c1-12(2,3)13-14-9-8-10-6-4-5-7-11(10)14/h4-7,9,13H,8H2,1-3H3/q+1. The molecule has 74 valence electrons. The molecule has 1 N–H and O–H groups in total. The first-order chi connectivity index (χ1) is 6.56. The highest BCUT2D eigenvalue weighted by Gasteiger charge is 2.25. The largest absolute Gasteiger partial charge is 0.238 e. The smallest absolute Gasteiger partial charge is 0.188 e. The minimum absolute atomic E-state index is 0.105. The molecule has 1 aliphatic heterocycles. The number of para-hydroxylation sites is 1. The molecular weight excluding hydrogens is 172 g/mol. The van der Waals surface area contributed by atoms with Crippen LogP contribution in [0.4, 0.5) is 5.69 Å². The Labute approximate surface area is 85.2 Å². The number of hydrazone groups is 1. The maximum atomic E-state index is 3.45. The van der Waals surface area contributed by atoms with Crippen LogP contribution in [-0.2, 0) is 6.42 Å². The third kappa shape index (κ3) is 1.79. The molecule has 0 radical (unpaired) electrons. The Hall–Kier alpha value is -1.31. The Morgan fingerprint density at radius 1 is 1.21 bits per heavy atom. The zero-order valence-electron chi connectivity index (χ0n) is 9.04. The van der Waals surface area contributed by atoms with E-state index in [1.54, 1.807) is 0 Å². The Kier molecular flexibility index (Phi) is 2.06. The number of nitrogens with one attached hydrogen (secondary N) is 1. The predicted octanol–water partition coefficient (Wildman–Crippen LogP) is 2.26. The van der Waals surface area contributed by atoms with E-state index in [0.29, 0.717) is 0 Å². The second kappa shape index (κ2) is 3.12. The predicted molar refractivity (Wildman–Crippen MR) is 59.0 cm³/mol. The van der Waals surface area contributed by atoms with Gasteiger partial charge in [0.15, 0.2) is 6.21 Å². The van der Waals surface area contributed by atoms with E-state index in [4.69, 9.17) is 0 Å². The maximum absolute atomic E-state index is 3.45. The molecule has 1 aromatic rings. The van der Waals surface area contributed by atoms with Crippen molar-refractivity contribution >= 4 is 11.9 Å². The van der Waals surface area contributed by atoms with E-state index in [1.807, 2.05) is 0 Å². The molecule has 2 rings (SSSR count). The number of benzene rings is 1. The van der Waals surface area contributed by atoms with Gasteiger partial charge in [0, 0.05) is 11.6 Å². The molecule has 0 saturated heterocycles. The molecule has 0 aromatic heterocycles. The van der Waals surface area contributed by atoms with Gasteiger partial charge in [-0.15, -0.1) is 0 Å². The highest BCUT2D eigenvalue weighted by Crippen LogP contribution is 2.22. The van der Waals surface area contributed by atoms with Crippen molar-refractivity contribution < 1.29 is 4.68 Å². The van der Waals surface area contributed by atoms with Gasteiger partial charge >= 0.3 is 0 Å². The monoisotopic (exact) mass is 189 g/mol. The van der Waals surface area contributed by atoms with Crippen LogP contribution in [0.3, 0.4) is 0 Å². The lowest BCUT2D eigenvalue weighted by Gasteiger charge is -2.17. The zero-order valence-corrected chi connectivity index (χ0v) is 9.04. The van der Waals surface area contributed by atoms with E-state index in [9.17, 15) is 0 Å². The Morgan fingerprint density at radius 3 is 2.64 bits per heavy atom. The Morgan fingerprint density at radius 2 is 1.93 bits per heavy atom. The summed E-state index contributed by atoms with van der Waals surface area (Å²) in [7, 11) is 0. The van der Waals surface area contributed by atoms with Crippen molar-refractivity contribution in [1.29, 1.82) is 0 Å². The summed E-state index contributed by atoms with van der Waals surface area (Å²) in [5, 5.41) is 0. The fourth-order valence-corrected chi connectivity index (χ4v) is 1.67. The molecule has 2 heteroatoms. The van der Waals surface area contributed by atoms with E-state index >= 15 is 0 Å². The van der Waals surface area contributed by atoms with E-state index in [0.717, 1.165) is 6.42 Å². The fraction of sp³-hybridized carbons (Fsp3) is 0.417. The van der Waals surface area contributed by atoms with Crippen molar-refractivity contribution in [2.45, 2.75) is 32.7 Å². The van der Waals surface area contributed by atoms with Crippen LogP contribution in [0.1, 0.15) is 26.3 Å². The van der Waals surface area contributed by atoms with Crippen LogP contribution in [-0.4, -0.2) is 16.4 Å². The van der Waals surface area contributed by atoms with Crippen LogP contribution in [0.25, 0.3) is 0 Å². The van der Waals surface area contributed by atoms with E-state index in [1.165, 1.54) is 11.3 Å². The summed E-state index contributed by atoms with van der Waals surface area (Å²) in [6.45, 7) is 6.51. The number of hydrazine groups is 1. The number of hydrogen-bond donors (Lipinski definition) is 1. The van der Waals surface area contributed by atoms with E-state index in [2.05, 4.69) is 61.4 Å². The maximum Gasteiger partial charge on any atom is 0.238 e. The molecule has 1 aromatic carbocycles. The minimum atomic E-state index is 0.105. The summed E-state index contributed by atoms with van der Waals surface area (Å²) in [6.07, 6.45) is 3.22. The molecule has 0 aliphatic carbocycles. The van der Waals surface area contributed by atoms with Crippen molar-refractivity contribution in [3.63, 3.8) is 0 Å². The van der Waals surface area contributed by atoms with Gasteiger partial charge in [-0.05, 0) is 20.8 Å². The second-order valence-corrected chi connectivity index (χ2v) is 4.75. The lowest BCUT2D eigenvalue weighted by molar-refractivity contribution is -0.514. The van der Waals surface area contributed by atoms with Gasteiger partial charge in [0.25, 0.3) is 0 Å². The Balaban J connectivity index is 2.25. The minimum Gasteiger partial charge on any atom is -0.188 e. The molecule has 14 heavy (non-hydrogen) atoms. The zero-order chi connectivity index (χ0) is 10.2. The van der Waals surface area contributed by atoms with Crippen molar-refractivity contribution in [3.8, 4) is 0 Å². The molecule has 2 nitrogen and oxygen atoms in total. The molecule has 1 aliphatic rings. The van der Waals surface area contributed by atoms with E-state index in [-0.39, 0.29) is 5.54 Å². The van der Waals surface area contributed by atoms with Gasteiger partial charge in [0.2, 0.25) is 5.69 Å². The van der Waals surface area contributed by atoms with Crippen LogP contribution in [0.15, 0.2) is 24.3 Å². The lowest BCUT2D eigenvalue weighted by atomic mass is 10.1. The number of fused-ring (bicyclic) bond motifs is 1. The first-order valence-corrected chi connectivity index (χ1v) is 5.04. The van der Waals surface area contributed by atoms with Gasteiger partial charge in [-0.2, -0.15) is 5.43 Å². The summed E-state index contributed by atoms with van der Waals surface area (Å²) < 4.78 is 2.13. The Bertz CT molecular complexity index is 372. The molecule has 0 fully saturated rings. The van der Waals surface area contributed by atoms with E-state index < -0.39 is 0 Å². The third-order valence-electron chi connectivity index (χ3n) is 2.20. The molecule has 0 amide bonds. The first kappa shape index (κ1) is 9.25. The van der Waals surface area contributed by atoms with Gasteiger partial charge in [0.1, 0.15) is 0 Å². The quantitative estimate of drug-likeness (QED) is 0.670. The molecule has 0 bridgehead atoms. The third-order valence-corrected chi connectivity index (χ3v) is 2.20. The van der Waals surface area contributed by atoms with Crippen molar-refractivity contribution in [2.24, 2.45) is 0 Å². The van der Waals surface area contributed by atoms with Crippen molar-refractivity contribution in [2.75, 3.05) is 0 Å². The van der Waals surface area contributed by atoms with Crippen LogP contribution in [0, 0.1) is 0 Å². The number of hydrogen-bond acceptors (Lipinski definition) is 1. The average Bonchev–Trinajstić information content (AvgIpc) is 2.47. The first-order valence-electron chi connectivity index (χ1n) is 5.04. The summed E-state index contributed by atoms with van der Waals surface area (Å²) in [6, 6.07) is 8.50. The van der Waals surface area contributed by atoms with Gasteiger partial charge in [-0.25, -0.2) is 0 Å². The van der Waals surface area contributed by atoms with Gasteiger partial charge in [0.05, 0.1) is 12.0 Å². The van der Waals surface area contributed by atoms with Gasteiger partial charge < -0.3 is 0 Å². The highest BCUT2D eigenvalue weighted by molar-refractivity contribution is 5.66. The summed E-state index contributed by atoms with van der Waals surface area (Å²) in [4.78, 5) is 0. The molecule has 0 unspecified atom stereocenters. The lowest BCUT2D eigenvalue weighted by Crippen LogP contribution is -2.41. The number of nitrogens with zero attached hydrogens (tertiary/aromatic N) is 1. The molecule has 0 saturated carbocycles. The van der Waals surface area contributed by atoms with Crippen LogP contribution in [0.5, 0.6) is 0 Å². The second-order valence-electron chi connectivity index (χ2n) is 4.75. The van der Waals surface area contributed by atoms with Crippen molar-refractivity contribution in [3.05, 3.63) is 29.8 Å². The SMILES string of the molecule is CC(C)(C)N[N+]1=CCc2ccccc21. The number of rotatable bonds is 1. The van der Waals surface area contributed by atoms with Crippen LogP contribution >= 0.6 is 0 Å². The molecule has 1 heterocycles. The summed E-state index contributed by atoms with van der Waals surface area (Å²) in [5.41, 5.74) is 6.23.